The summed E-state index contributed by atoms with van der Waals surface area (Å²) in [6, 6.07) is 12.6. The number of anilines is 2. The minimum Gasteiger partial charge on any atom is -0.476 e. The molecule has 1 amide bonds. The third kappa shape index (κ3) is 4.75. The van der Waals surface area contributed by atoms with E-state index in [1.165, 1.54) is 41.3 Å². The minimum atomic E-state index is -3.96. The SMILES string of the molecule is C=CCSc1nnc(NC(=O)[C@@H]2CN(S(=O)(=O)c3ccccc3)c3cc(Cl)ccc3O2)s1. The molecule has 1 aliphatic heterocycles. The molecule has 0 spiro atoms. The highest BCUT2D eigenvalue weighted by Crippen LogP contribution is 2.39. The first kappa shape index (κ1) is 22.6. The van der Waals surface area contributed by atoms with Crippen LogP contribution in [-0.4, -0.2) is 42.9 Å². The number of aromatic nitrogens is 2. The lowest BCUT2D eigenvalue weighted by atomic mass is 10.2. The molecule has 1 aromatic heterocycles. The molecule has 32 heavy (non-hydrogen) atoms. The van der Waals surface area contributed by atoms with Gasteiger partial charge in [0.05, 0.1) is 17.1 Å². The minimum absolute atomic E-state index is 0.0972. The van der Waals surface area contributed by atoms with E-state index in [2.05, 4.69) is 22.1 Å². The second-order valence-corrected chi connectivity index (χ2v) is 11.1. The molecule has 0 saturated carbocycles. The van der Waals surface area contributed by atoms with E-state index in [-0.39, 0.29) is 22.9 Å². The number of ether oxygens (including phenoxy) is 1. The van der Waals surface area contributed by atoms with Crippen LogP contribution in [0.2, 0.25) is 5.02 Å². The predicted octanol–water partition coefficient (Wildman–Crippen LogP) is 4.06. The average Bonchev–Trinajstić information content (AvgIpc) is 3.24. The highest BCUT2D eigenvalue weighted by Gasteiger charge is 2.38. The van der Waals surface area contributed by atoms with E-state index in [1.807, 2.05) is 0 Å². The summed E-state index contributed by atoms with van der Waals surface area (Å²) in [6.07, 6.45) is 0.640. The van der Waals surface area contributed by atoms with Crippen molar-refractivity contribution in [3.05, 3.63) is 66.2 Å². The number of thioether (sulfide) groups is 1. The molecule has 0 aliphatic carbocycles. The number of nitrogens with one attached hydrogen (secondary N) is 1. The highest BCUT2D eigenvalue weighted by molar-refractivity contribution is 8.01. The van der Waals surface area contributed by atoms with E-state index >= 15 is 0 Å². The molecule has 4 rings (SSSR count). The monoisotopic (exact) mass is 508 g/mol. The molecule has 12 heteroatoms. The number of fused-ring (bicyclic) bond motifs is 1. The van der Waals surface area contributed by atoms with Gasteiger partial charge in [-0.15, -0.1) is 16.8 Å². The van der Waals surface area contributed by atoms with Gasteiger partial charge in [0.1, 0.15) is 5.75 Å². The normalized spacial score (nSPS) is 15.5. The average molecular weight is 509 g/mol. The van der Waals surface area contributed by atoms with Crippen molar-refractivity contribution in [2.45, 2.75) is 15.3 Å². The van der Waals surface area contributed by atoms with Crippen LogP contribution in [0.15, 0.2) is 70.4 Å². The summed E-state index contributed by atoms with van der Waals surface area (Å²) in [5.41, 5.74) is 0.268. The van der Waals surface area contributed by atoms with Crippen molar-refractivity contribution >= 4 is 61.4 Å². The van der Waals surface area contributed by atoms with Crippen LogP contribution in [0.5, 0.6) is 5.75 Å². The van der Waals surface area contributed by atoms with Crippen molar-refractivity contribution in [2.24, 2.45) is 0 Å². The lowest BCUT2D eigenvalue weighted by molar-refractivity contribution is -0.122. The smallest absolute Gasteiger partial charge is 0.269 e. The van der Waals surface area contributed by atoms with E-state index < -0.39 is 22.0 Å². The first-order valence-electron chi connectivity index (χ1n) is 9.30. The zero-order valence-electron chi connectivity index (χ0n) is 16.5. The maximum atomic E-state index is 13.4. The Morgan fingerprint density at radius 2 is 2.09 bits per heavy atom. The Morgan fingerprint density at radius 1 is 1.31 bits per heavy atom. The van der Waals surface area contributed by atoms with E-state index in [9.17, 15) is 13.2 Å². The summed E-state index contributed by atoms with van der Waals surface area (Å²) in [5.74, 6) is 0.370. The molecule has 0 fully saturated rings. The molecule has 1 N–H and O–H groups in total. The second kappa shape index (κ2) is 9.49. The van der Waals surface area contributed by atoms with Gasteiger partial charge in [-0.3, -0.25) is 14.4 Å². The predicted molar refractivity (Wildman–Crippen MR) is 126 cm³/mol. The maximum absolute atomic E-state index is 13.4. The van der Waals surface area contributed by atoms with Gasteiger partial charge in [0.2, 0.25) is 5.13 Å². The Kier molecular flexibility index (Phi) is 6.70. The number of sulfonamides is 1. The van der Waals surface area contributed by atoms with E-state index in [4.69, 9.17) is 16.3 Å². The largest absolute Gasteiger partial charge is 0.476 e. The van der Waals surface area contributed by atoms with Crippen LogP contribution in [-0.2, 0) is 14.8 Å². The number of nitrogens with zero attached hydrogens (tertiary/aromatic N) is 3. The fourth-order valence-corrected chi connectivity index (χ4v) is 6.11. The topological polar surface area (TPSA) is 101 Å². The van der Waals surface area contributed by atoms with Crippen molar-refractivity contribution in [1.29, 1.82) is 0 Å². The maximum Gasteiger partial charge on any atom is 0.269 e. The Morgan fingerprint density at radius 3 is 2.84 bits per heavy atom. The Labute approximate surface area is 198 Å². The van der Waals surface area contributed by atoms with Crippen LogP contribution in [0.3, 0.4) is 0 Å². The molecule has 8 nitrogen and oxygen atoms in total. The first-order valence-corrected chi connectivity index (χ1v) is 12.9. The van der Waals surface area contributed by atoms with Crippen LogP contribution in [0.1, 0.15) is 0 Å². The van der Waals surface area contributed by atoms with Crippen LogP contribution >= 0.6 is 34.7 Å². The molecule has 1 aliphatic rings. The summed E-state index contributed by atoms with van der Waals surface area (Å²) < 4.78 is 34.3. The summed E-state index contributed by atoms with van der Waals surface area (Å²) in [4.78, 5) is 13.0. The molecular formula is C20H17ClN4O4S3. The van der Waals surface area contributed by atoms with Gasteiger partial charge in [-0.25, -0.2) is 8.42 Å². The van der Waals surface area contributed by atoms with E-state index in [1.54, 1.807) is 36.4 Å². The van der Waals surface area contributed by atoms with Gasteiger partial charge in [0, 0.05) is 10.8 Å². The molecule has 0 radical (unpaired) electrons. The molecular weight excluding hydrogens is 492 g/mol. The summed E-state index contributed by atoms with van der Waals surface area (Å²) >= 11 is 8.76. The van der Waals surface area contributed by atoms with E-state index in [0.717, 1.165) is 4.31 Å². The number of rotatable bonds is 7. The quantitative estimate of drug-likeness (QED) is 0.291. The van der Waals surface area contributed by atoms with Gasteiger partial charge >= 0.3 is 0 Å². The molecule has 0 saturated heterocycles. The molecule has 2 aromatic carbocycles. The van der Waals surface area contributed by atoms with Gasteiger partial charge in [0.15, 0.2) is 10.4 Å². The van der Waals surface area contributed by atoms with Crippen LogP contribution in [0, 0.1) is 0 Å². The Balaban J connectivity index is 1.61. The molecule has 3 aromatic rings. The van der Waals surface area contributed by atoms with Gasteiger partial charge in [-0.2, -0.15) is 0 Å². The number of carbonyl (C=O) groups excluding carboxylic acids is 1. The molecule has 1 atom stereocenters. The van der Waals surface area contributed by atoms with Gasteiger partial charge in [0.25, 0.3) is 15.9 Å². The lowest BCUT2D eigenvalue weighted by Gasteiger charge is -2.34. The van der Waals surface area contributed by atoms with Gasteiger partial charge in [-0.1, -0.05) is 59.0 Å². The first-order chi connectivity index (χ1) is 15.4. The van der Waals surface area contributed by atoms with Gasteiger partial charge in [-0.05, 0) is 30.3 Å². The summed E-state index contributed by atoms with van der Waals surface area (Å²) in [5, 5.41) is 11.3. The standard InChI is InChI=1S/C20H17ClN4O4S3/c1-2-10-30-20-24-23-19(31-20)22-18(26)17-12-25(15-11-13(21)8-9-16(15)29-17)32(27,28)14-6-4-3-5-7-14/h2-9,11,17H,1,10,12H2,(H,22,23,26)/t17-/m0/s1. The number of carbonyl (C=O) groups is 1. The lowest BCUT2D eigenvalue weighted by Crippen LogP contribution is -2.48. The third-order valence-corrected chi connectivity index (χ3v) is 8.37. The van der Waals surface area contributed by atoms with Crippen molar-refractivity contribution in [2.75, 3.05) is 21.9 Å². The second-order valence-electron chi connectivity index (χ2n) is 6.53. The number of halogens is 1. The fourth-order valence-electron chi connectivity index (χ4n) is 2.94. The van der Waals surface area contributed by atoms with Crippen LogP contribution < -0.4 is 14.4 Å². The van der Waals surface area contributed by atoms with Crippen molar-refractivity contribution < 1.29 is 17.9 Å². The summed E-state index contributed by atoms with van der Waals surface area (Å²) in [6.45, 7) is 3.42. The number of benzene rings is 2. The van der Waals surface area contributed by atoms with Crippen molar-refractivity contribution in [3.63, 3.8) is 0 Å². The Hall–Kier alpha value is -2.60. The summed E-state index contributed by atoms with van der Waals surface area (Å²) in [7, 11) is -3.96. The number of hydrogen-bond donors (Lipinski definition) is 1. The highest BCUT2D eigenvalue weighted by atomic mass is 35.5. The van der Waals surface area contributed by atoms with Gasteiger partial charge < -0.3 is 4.74 Å². The van der Waals surface area contributed by atoms with E-state index in [0.29, 0.717) is 20.2 Å². The van der Waals surface area contributed by atoms with Crippen molar-refractivity contribution in [3.8, 4) is 5.75 Å². The Bertz CT molecular complexity index is 1250. The third-order valence-electron chi connectivity index (χ3n) is 4.38. The fraction of sp³-hybridized carbons (Fsp3) is 0.150. The molecule has 166 valence electrons. The number of amides is 1. The molecule has 0 unspecified atom stereocenters. The van der Waals surface area contributed by atoms with Crippen LogP contribution in [0.25, 0.3) is 0 Å². The zero-order chi connectivity index (χ0) is 22.7. The molecule has 2 heterocycles. The van der Waals surface area contributed by atoms with Crippen LogP contribution in [0.4, 0.5) is 10.8 Å². The molecule has 0 bridgehead atoms. The zero-order valence-corrected chi connectivity index (χ0v) is 19.7. The van der Waals surface area contributed by atoms with Crippen molar-refractivity contribution in [1.82, 2.24) is 10.2 Å². The number of hydrogen-bond acceptors (Lipinski definition) is 8.